The van der Waals surface area contributed by atoms with Crippen LogP contribution in [0.4, 0.5) is 13.2 Å². The third-order valence-corrected chi connectivity index (χ3v) is 4.85. The summed E-state index contributed by atoms with van der Waals surface area (Å²) in [6.07, 6.45) is -1.31. The van der Waals surface area contributed by atoms with Crippen LogP contribution in [0.25, 0.3) is 33.2 Å². The van der Waals surface area contributed by atoms with Crippen molar-refractivity contribution in [3.05, 3.63) is 90.8 Å². The van der Waals surface area contributed by atoms with Crippen molar-refractivity contribution in [2.75, 3.05) is 0 Å². The number of rotatable bonds is 3. The van der Waals surface area contributed by atoms with Crippen LogP contribution in [0.1, 0.15) is 5.56 Å². The van der Waals surface area contributed by atoms with Crippen LogP contribution in [0.15, 0.2) is 85.2 Å². The molecule has 5 aromatic rings. The molecule has 0 radical (unpaired) electrons. The number of halogens is 3. The zero-order valence-corrected chi connectivity index (χ0v) is 16.0. The van der Waals surface area contributed by atoms with Crippen molar-refractivity contribution in [2.45, 2.75) is 6.18 Å². The summed E-state index contributed by atoms with van der Waals surface area (Å²) in [4.78, 5) is 13.1. The van der Waals surface area contributed by atoms with E-state index in [9.17, 15) is 13.2 Å². The van der Waals surface area contributed by atoms with E-state index in [0.717, 1.165) is 23.1 Å². The lowest BCUT2D eigenvalue weighted by Gasteiger charge is -2.14. The second-order valence-corrected chi connectivity index (χ2v) is 6.89. The van der Waals surface area contributed by atoms with Gasteiger partial charge in [-0.1, -0.05) is 30.3 Å². The summed E-state index contributed by atoms with van der Waals surface area (Å²) in [5.41, 5.74) is 1.54. The first-order valence-corrected chi connectivity index (χ1v) is 9.44. The van der Waals surface area contributed by atoms with Crippen molar-refractivity contribution in [3.63, 3.8) is 0 Å². The molecule has 0 saturated heterocycles. The Hall–Kier alpha value is -4.00. The van der Waals surface area contributed by atoms with E-state index in [0.29, 0.717) is 22.6 Å². The largest absolute Gasteiger partial charge is 0.454 e. The minimum Gasteiger partial charge on any atom is -0.454 e. The molecule has 0 amide bonds. The summed E-state index contributed by atoms with van der Waals surface area (Å²) < 4.78 is 45.9. The van der Waals surface area contributed by atoms with E-state index in [-0.39, 0.29) is 11.1 Å². The van der Waals surface area contributed by atoms with Crippen LogP contribution in [-0.2, 0) is 6.18 Å². The van der Waals surface area contributed by atoms with Crippen LogP contribution in [-0.4, -0.2) is 15.0 Å². The van der Waals surface area contributed by atoms with Crippen molar-refractivity contribution in [3.8, 4) is 22.8 Å². The van der Waals surface area contributed by atoms with Gasteiger partial charge in [0.25, 0.3) is 0 Å². The van der Waals surface area contributed by atoms with E-state index in [1.165, 1.54) is 12.3 Å². The first-order chi connectivity index (χ1) is 15.0. The highest BCUT2D eigenvalue weighted by atomic mass is 19.4. The smallest absolute Gasteiger partial charge is 0.416 e. The standard InChI is InChI=1S/C24H14F3N3O/c25-24(26,27)17-8-9-19-18(14-17)20(10-12-28-19)31-21-13-16-7-4-11-29-23(16)30-22(21)15-5-2-1-3-6-15/h1-14H. The normalized spacial score (nSPS) is 11.7. The molecule has 0 aliphatic heterocycles. The maximum Gasteiger partial charge on any atom is 0.416 e. The number of hydrogen-bond acceptors (Lipinski definition) is 4. The van der Waals surface area contributed by atoms with Crippen molar-refractivity contribution in [2.24, 2.45) is 0 Å². The molecule has 3 aromatic heterocycles. The molecule has 0 aliphatic rings. The fourth-order valence-corrected chi connectivity index (χ4v) is 3.37. The maximum atomic E-state index is 13.3. The van der Waals surface area contributed by atoms with E-state index in [1.54, 1.807) is 24.4 Å². The van der Waals surface area contributed by atoms with Gasteiger partial charge in [-0.25, -0.2) is 9.97 Å². The Morgan fingerprint density at radius 1 is 0.742 bits per heavy atom. The molecule has 0 N–H and O–H groups in total. The number of hydrogen-bond donors (Lipinski definition) is 0. The number of ether oxygens (including phenoxy) is 1. The second kappa shape index (κ2) is 7.36. The molecule has 152 valence electrons. The van der Waals surface area contributed by atoms with Gasteiger partial charge in [0, 0.05) is 28.7 Å². The van der Waals surface area contributed by atoms with Gasteiger partial charge < -0.3 is 4.74 Å². The number of nitrogens with zero attached hydrogens (tertiary/aromatic N) is 3. The lowest BCUT2D eigenvalue weighted by molar-refractivity contribution is -0.137. The fourth-order valence-electron chi connectivity index (χ4n) is 3.37. The van der Waals surface area contributed by atoms with Gasteiger partial charge in [0.05, 0.1) is 11.1 Å². The molecule has 0 aliphatic carbocycles. The number of aromatic nitrogens is 3. The monoisotopic (exact) mass is 417 g/mol. The summed E-state index contributed by atoms with van der Waals surface area (Å²) in [6, 6.07) is 19.8. The fraction of sp³-hybridized carbons (Fsp3) is 0.0417. The van der Waals surface area contributed by atoms with Gasteiger partial charge in [0.2, 0.25) is 0 Å². The average Bonchev–Trinajstić information content (AvgIpc) is 2.78. The van der Waals surface area contributed by atoms with E-state index >= 15 is 0 Å². The van der Waals surface area contributed by atoms with Crippen molar-refractivity contribution in [1.82, 2.24) is 15.0 Å². The van der Waals surface area contributed by atoms with Crippen LogP contribution < -0.4 is 4.74 Å². The summed E-state index contributed by atoms with van der Waals surface area (Å²) in [6.45, 7) is 0. The van der Waals surface area contributed by atoms with Gasteiger partial charge in [-0.2, -0.15) is 13.2 Å². The third kappa shape index (κ3) is 3.66. The predicted octanol–water partition coefficient (Wildman–Crippen LogP) is 6.66. The van der Waals surface area contributed by atoms with Crippen LogP contribution >= 0.6 is 0 Å². The minimum atomic E-state index is -4.47. The van der Waals surface area contributed by atoms with Crippen molar-refractivity contribution in [1.29, 1.82) is 0 Å². The molecular formula is C24H14F3N3O. The molecule has 0 saturated carbocycles. The number of alkyl halides is 3. The lowest BCUT2D eigenvalue weighted by atomic mass is 10.1. The molecule has 0 spiro atoms. The highest BCUT2D eigenvalue weighted by Gasteiger charge is 2.31. The van der Waals surface area contributed by atoms with Gasteiger partial charge in [0.1, 0.15) is 11.4 Å². The van der Waals surface area contributed by atoms with Crippen LogP contribution in [0.3, 0.4) is 0 Å². The van der Waals surface area contributed by atoms with Crippen molar-refractivity contribution >= 4 is 21.9 Å². The quantitative estimate of drug-likeness (QED) is 0.329. The molecule has 5 rings (SSSR count). The molecule has 31 heavy (non-hydrogen) atoms. The van der Waals surface area contributed by atoms with Gasteiger partial charge in [-0.05, 0) is 42.5 Å². The van der Waals surface area contributed by atoms with Gasteiger partial charge in [-0.15, -0.1) is 0 Å². The summed E-state index contributed by atoms with van der Waals surface area (Å²) in [7, 11) is 0. The molecular weight excluding hydrogens is 403 g/mol. The van der Waals surface area contributed by atoms with E-state index in [4.69, 9.17) is 4.74 Å². The van der Waals surface area contributed by atoms with Gasteiger partial charge in [-0.3, -0.25) is 4.98 Å². The average molecular weight is 417 g/mol. The number of benzene rings is 2. The molecule has 3 heterocycles. The Labute approximate surface area is 175 Å². The van der Waals surface area contributed by atoms with Gasteiger partial charge >= 0.3 is 6.18 Å². The molecule has 0 fully saturated rings. The Kier molecular flexibility index (Phi) is 4.51. The first-order valence-electron chi connectivity index (χ1n) is 9.44. The Morgan fingerprint density at radius 3 is 2.39 bits per heavy atom. The zero-order chi connectivity index (χ0) is 21.4. The first kappa shape index (κ1) is 19.0. The Bertz CT molecular complexity index is 1400. The molecule has 0 bridgehead atoms. The predicted molar refractivity (Wildman–Crippen MR) is 112 cm³/mol. The summed E-state index contributed by atoms with van der Waals surface area (Å²) >= 11 is 0. The minimum absolute atomic E-state index is 0.262. The number of pyridine rings is 3. The molecule has 0 unspecified atom stereocenters. The SMILES string of the molecule is FC(F)(F)c1ccc2nccc(Oc3cc4cccnc4nc3-c3ccccc3)c2c1. The van der Waals surface area contributed by atoms with Crippen LogP contribution in [0.5, 0.6) is 11.5 Å². The molecule has 2 aromatic carbocycles. The zero-order valence-electron chi connectivity index (χ0n) is 16.0. The third-order valence-electron chi connectivity index (χ3n) is 4.85. The molecule has 0 atom stereocenters. The highest BCUT2D eigenvalue weighted by Crippen LogP contribution is 2.38. The lowest BCUT2D eigenvalue weighted by Crippen LogP contribution is -2.04. The van der Waals surface area contributed by atoms with Crippen molar-refractivity contribution < 1.29 is 17.9 Å². The second-order valence-electron chi connectivity index (χ2n) is 6.89. The molecule has 7 heteroatoms. The summed E-state index contributed by atoms with van der Waals surface area (Å²) in [5.74, 6) is 0.676. The topological polar surface area (TPSA) is 47.9 Å². The van der Waals surface area contributed by atoms with Crippen LogP contribution in [0, 0.1) is 0 Å². The van der Waals surface area contributed by atoms with Crippen LogP contribution in [0.2, 0.25) is 0 Å². The Morgan fingerprint density at radius 2 is 1.58 bits per heavy atom. The number of fused-ring (bicyclic) bond motifs is 2. The van der Waals surface area contributed by atoms with Gasteiger partial charge in [0.15, 0.2) is 11.4 Å². The maximum absolute atomic E-state index is 13.3. The molecule has 4 nitrogen and oxygen atoms in total. The van der Waals surface area contributed by atoms with E-state index in [2.05, 4.69) is 15.0 Å². The summed E-state index contributed by atoms with van der Waals surface area (Å²) in [5, 5.41) is 1.02. The van der Waals surface area contributed by atoms with E-state index < -0.39 is 11.7 Å². The van der Waals surface area contributed by atoms with E-state index in [1.807, 2.05) is 36.4 Å². The Balaban J connectivity index is 1.69. The highest BCUT2D eigenvalue weighted by molar-refractivity contribution is 5.87.